The van der Waals surface area contributed by atoms with Gasteiger partial charge in [0.2, 0.25) is 0 Å². The van der Waals surface area contributed by atoms with Crippen molar-refractivity contribution in [3.05, 3.63) is 52.1 Å². The number of aromatic nitrogens is 1. The summed E-state index contributed by atoms with van der Waals surface area (Å²) in [7, 11) is 0. The fourth-order valence-electron chi connectivity index (χ4n) is 1.55. The number of hydrogen-bond donors (Lipinski definition) is 3. The van der Waals surface area contributed by atoms with Gasteiger partial charge in [0.1, 0.15) is 23.9 Å². The number of benzene rings is 1. The van der Waals surface area contributed by atoms with Gasteiger partial charge in [-0.25, -0.2) is 4.98 Å². The number of amides is 1. The number of aromatic hydroxyl groups is 1. The Kier molecular flexibility index (Phi) is 4.93. The normalized spacial score (nSPS) is 9.62. The van der Waals surface area contributed by atoms with E-state index in [1.165, 1.54) is 6.07 Å². The first-order chi connectivity index (χ1) is 10.1. The van der Waals surface area contributed by atoms with Gasteiger partial charge in [0.15, 0.2) is 0 Å². The minimum absolute atomic E-state index is 0.0156. The number of aliphatic hydroxyl groups is 1. The number of carbonyl (C=O) groups is 1. The highest BCUT2D eigenvalue weighted by Gasteiger charge is 2.09. The molecule has 5 nitrogen and oxygen atoms in total. The number of pyridine rings is 1. The van der Waals surface area contributed by atoms with Crippen molar-refractivity contribution in [1.82, 2.24) is 4.98 Å². The lowest BCUT2D eigenvalue weighted by Crippen LogP contribution is -2.13. The van der Waals surface area contributed by atoms with E-state index >= 15 is 0 Å². The lowest BCUT2D eigenvalue weighted by molar-refractivity contribution is 0.102. The van der Waals surface area contributed by atoms with Crippen LogP contribution in [-0.2, 0) is 0 Å². The van der Waals surface area contributed by atoms with Crippen LogP contribution in [0, 0.1) is 11.8 Å². The smallest absolute Gasteiger partial charge is 0.256 e. The predicted molar refractivity (Wildman–Crippen MR) is 82.0 cm³/mol. The maximum absolute atomic E-state index is 12.0. The van der Waals surface area contributed by atoms with Gasteiger partial charge in [-0.05, 0) is 52.2 Å². The van der Waals surface area contributed by atoms with E-state index < -0.39 is 5.91 Å². The summed E-state index contributed by atoms with van der Waals surface area (Å²) in [4.78, 5) is 16.2. The Balaban J connectivity index is 2.17. The van der Waals surface area contributed by atoms with Crippen molar-refractivity contribution >= 4 is 27.7 Å². The molecule has 0 aliphatic heterocycles. The van der Waals surface area contributed by atoms with Crippen molar-refractivity contribution in [1.29, 1.82) is 0 Å². The number of phenolic OH excluding ortho intramolecular Hbond substituents is 1. The summed E-state index contributed by atoms with van der Waals surface area (Å²) in [6.45, 7) is -0.254. The highest BCUT2D eigenvalue weighted by Crippen LogP contribution is 2.24. The van der Waals surface area contributed by atoms with E-state index in [1.54, 1.807) is 30.3 Å². The number of phenols is 1. The Hall–Kier alpha value is -2.36. The van der Waals surface area contributed by atoms with E-state index in [9.17, 15) is 9.90 Å². The Morgan fingerprint density at radius 3 is 2.86 bits per heavy atom. The third kappa shape index (κ3) is 4.05. The van der Waals surface area contributed by atoms with Crippen LogP contribution >= 0.6 is 15.9 Å². The van der Waals surface area contributed by atoms with Crippen LogP contribution in [0.1, 0.15) is 16.1 Å². The van der Waals surface area contributed by atoms with Crippen LogP contribution in [0.2, 0.25) is 0 Å². The third-order valence-corrected chi connectivity index (χ3v) is 3.17. The summed E-state index contributed by atoms with van der Waals surface area (Å²) < 4.78 is 0.512. The molecule has 1 aromatic carbocycles. The number of aliphatic hydroxyl groups excluding tert-OH is 1. The molecule has 1 aromatic heterocycles. The number of nitrogens with one attached hydrogen (secondary N) is 1. The molecular weight excluding hydrogens is 336 g/mol. The summed E-state index contributed by atoms with van der Waals surface area (Å²) >= 11 is 3.15. The second-order valence-electron chi connectivity index (χ2n) is 3.99. The minimum atomic E-state index is -0.391. The molecule has 106 valence electrons. The molecule has 21 heavy (non-hydrogen) atoms. The highest BCUT2D eigenvalue weighted by atomic mass is 79.9. The first kappa shape index (κ1) is 15.0. The lowest BCUT2D eigenvalue weighted by Gasteiger charge is -2.06. The number of nitrogens with zero attached hydrogens (tertiary/aromatic N) is 1. The number of hydrogen-bond acceptors (Lipinski definition) is 4. The molecule has 0 radical (unpaired) electrons. The van der Waals surface area contributed by atoms with Gasteiger partial charge in [-0.2, -0.15) is 0 Å². The van der Waals surface area contributed by atoms with E-state index in [0.717, 1.165) is 0 Å². The summed E-state index contributed by atoms with van der Waals surface area (Å²) in [5.74, 6) is 5.07. The largest absolute Gasteiger partial charge is 0.507 e. The Morgan fingerprint density at radius 2 is 2.14 bits per heavy atom. The minimum Gasteiger partial charge on any atom is -0.507 e. The average Bonchev–Trinajstić information content (AvgIpc) is 2.48. The van der Waals surface area contributed by atoms with Crippen LogP contribution in [-0.4, -0.2) is 27.7 Å². The quantitative estimate of drug-likeness (QED) is 0.727. The molecule has 1 heterocycles. The van der Waals surface area contributed by atoms with Crippen molar-refractivity contribution in [2.45, 2.75) is 0 Å². The SMILES string of the molecule is O=C(Nc1cccc(C#CCO)n1)c1ccc(Br)c(O)c1. The molecular formula is C15H11BrN2O3. The summed E-state index contributed by atoms with van der Waals surface area (Å²) in [5.41, 5.74) is 0.754. The zero-order valence-corrected chi connectivity index (χ0v) is 12.4. The van der Waals surface area contributed by atoms with Crippen LogP contribution in [0.4, 0.5) is 5.82 Å². The van der Waals surface area contributed by atoms with Crippen molar-refractivity contribution in [3.63, 3.8) is 0 Å². The molecule has 2 aromatic rings. The van der Waals surface area contributed by atoms with Gasteiger partial charge in [-0.1, -0.05) is 12.0 Å². The van der Waals surface area contributed by atoms with Crippen molar-refractivity contribution in [2.24, 2.45) is 0 Å². The molecule has 0 unspecified atom stereocenters. The van der Waals surface area contributed by atoms with Crippen molar-refractivity contribution in [2.75, 3.05) is 11.9 Å². The molecule has 0 bridgehead atoms. The molecule has 0 aliphatic carbocycles. The van der Waals surface area contributed by atoms with E-state index in [4.69, 9.17) is 5.11 Å². The standard InChI is InChI=1S/C15H11BrN2O3/c16-12-7-6-10(9-13(12)20)15(21)18-14-5-1-3-11(17-14)4-2-8-19/h1,3,5-7,9,19-20H,8H2,(H,17,18,21). The molecule has 0 saturated carbocycles. The predicted octanol–water partition coefficient (Wildman–Crippen LogP) is 2.15. The average molecular weight is 347 g/mol. The number of anilines is 1. The van der Waals surface area contributed by atoms with Crippen LogP contribution in [0.25, 0.3) is 0 Å². The van der Waals surface area contributed by atoms with Crippen molar-refractivity contribution in [3.8, 4) is 17.6 Å². The zero-order chi connectivity index (χ0) is 15.2. The lowest BCUT2D eigenvalue weighted by atomic mass is 10.2. The van der Waals surface area contributed by atoms with E-state index in [0.29, 0.717) is 21.5 Å². The maximum Gasteiger partial charge on any atom is 0.256 e. The summed E-state index contributed by atoms with van der Waals surface area (Å²) in [6.07, 6.45) is 0. The fourth-order valence-corrected chi connectivity index (χ4v) is 1.79. The van der Waals surface area contributed by atoms with Gasteiger partial charge in [-0.3, -0.25) is 4.79 Å². The molecule has 0 saturated heterocycles. The van der Waals surface area contributed by atoms with Gasteiger partial charge in [0, 0.05) is 5.56 Å². The molecule has 2 rings (SSSR count). The van der Waals surface area contributed by atoms with Crippen LogP contribution in [0.3, 0.4) is 0 Å². The second-order valence-corrected chi connectivity index (χ2v) is 4.84. The van der Waals surface area contributed by atoms with Gasteiger partial charge >= 0.3 is 0 Å². The first-order valence-electron chi connectivity index (χ1n) is 5.97. The van der Waals surface area contributed by atoms with Crippen LogP contribution < -0.4 is 5.32 Å². The molecule has 1 amide bonds. The van der Waals surface area contributed by atoms with Crippen LogP contribution in [0.5, 0.6) is 5.75 Å². The van der Waals surface area contributed by atoms with E-state index in [1.807, 2.05) is 0 Å². The topological polar surface area (TPSA) is 82.5 Å². The fraction of sp³-hybridized carbons (Fsp3) is 0.0667. The third-order valence-electron chi connectivity index (χ3n) is 2.49. The highest BCUT2D eigenvalue weighted by molar-refractivity contribution is 9.10. The molecule has 3 N–H and O–H groups in total. The number of carbonyl (C=O) groups excluding carboxylic acids is 1. The Morgan fingerprint density at radius 1 is 1.33 bits per heavy atom. The van der Waals surface area contributed by atoms with Crippen molar-refractivity contribution < 1.29 is 15.0 Å². The summed E-state index contributed by atoms with van der Waals surface area (Å²) in [5, 5.41) is 20.8. The monoisotopic (exact) mass is 346 g/mol. The first-order valence-corrected chi connectivity index (χ1v) is 6.76. The molecule has 6 heteroatoms. The number of rotatable bonds is 2. The number of halogens is 1. The zero-order valence-electron chi connectivity index (χ0n) is 10.8. The van der Waals surface area contributed by atoms with Gasteiger partial charge in [-0.15, -0.1) is 0 Å². The van der Waals surface area contributed by atoms with Gasteiger partial charge < -0.3 is 15.5 Å². The van der Waals surface area contributed by atoms with Gasteiger partial charge in [0.25, 0.3) is 5.91 Å². The Bertz CT molecular complexity index is 735. The summed E-state index contributed by atoms with van der Waals surface area (Å²) in [6, 6.07) is 9.51. The second kappa shape index (κ2) is 6.88. The molecule has 0 aliphatic rings. The Labute approximate surface area is 129 Å². The van der Waals surface area contributed by atoms with Gasteiger partial charge in [0.05, 0.1) is 4.47 Å². The van der Waals surface area contributed by atoms with E-state index in [2.05, 4.69) is 38.1 Å². The van der Waals surface area contributed by atoms with Crippen LogP contribution in [0.15, 0.2) is 40.9 Å². The maximum atomic E-state index is 12.0. The molecule has 0 fully saturated rings. The van der Waals surface area contributed by atoms with E-state index in [-0.39, 0.29) is 12.4 Å². The molecule has 0 spiro atoms. The molecule has 0 atom stereocenters.